The molecule has 2 rings (SSSR count). The molecule has 0 unspecified atom stereocenters. The topological polar surface area (TPSA) is 29.5 Å². The lowest BCUT2D eigenvalue weighted by Crippen LogP contribution is -1.98. The molecule has 2 aromatic carbocycles. The monoisotopic (exact) mass is 288 g/mol. The van der Waals surface area contributed by atoms with Crippen molar-refractivity contribution >= 4 is 11.8 Å². The first kappa shape index (κ1) is 14.8. The van der Waals surface area contributed by atoms with Gasteiger partial charge in [0.1, 0.15) is 11.5 Å². The molecule has 2 nitrogen and oxygen atoms in total. The standard InChI is InChI=1S/C17H20O2S/c1-2-3-7-13-19-16-12-8-11-15(18)17(16)20-14-9-5-4-6-10-14/h4-6,8-12,18H,2-3,7,13H2,1H3. The number of phenolic OH excluding ortho intramolecular Hbond substituents is 1. The number of benzene rings is 2. The molecule has 3 heteroatoms. The van der Waals surface area contributed by atoms with E-state index in [-0.39, 0.29) is 5.75 Å². The number of hydrogen-bond acceptors (Lipinski definition) is 3. The van der Waals surface area contributed by atoms with E-state index in [1.165, 1.54) is 24.6 Å². The Morgan fingerprint density at radius 3 is 2.55 bits per heavy atom. The molecule has 20 heavy (non-hydrogen) atoms. The molecule has 0 amide bonds. The maximum Gasteiger partial charge on any atom is 0.136 e. The molecule has 0 spiro atoms. The van der Waals surface area contributed by atoms with E-state index in [0.29, 0.717) is 6.61 Å². The van der Waals surface area contributed by atoms with Crippen molar-refractivity contribution in [1.82, 2.24) is 0 Å². The van der Waals surface area contributed by atoms with E-state index in [9.17, 15) is 5.11 Å². The Morgan fingerprint density at radius 1 is 1.00 bits per heavy atom. The summed E-state index contributed by atoms with van der Waals surface area (Å²) >= 11 is 1.53. The lowest BCUT2D eigenvalue weighted by molar-refractivity contribution is 0.296. The average molecular weight is 288 g/mol. The van der Waals surface area contributed by atoms with Crippen LogP contribution in [0.1, 0.15) is 26.2 Å². The molecule has 106 valence electrons. The van der Waals surface area contributed by atoms with Gasteiger partial charge in [-0.2, -0.15) is 0 Å². The molecule has 0 aliphatic heterocycles. The first-order valence-electron chi connectivity index (χ1n) is 6.99. The number of hydrogen-bond donors (Lipinski definition) is 1. The molecule has 0 saturated carbocycles. The van der Waals surface area contributed by atoms with Crippen molar-refractivity contribution in [1.29, 1.82) is 0 Å². The highest BCUT2D eigenvalue weighted by Crippen LogP contribution is 2.41. The highest BCUT2D eigenvalue weighted by molar-refractivity contribution is 7.99. The van der Waals surface area contributed by atoms with E-state index in [0.717, 1.165) is 22.0 Å². The first-order chi connectivity index (χ1) is 9.81. The fraction of sp³-hybridized carbons (Fsp3) is 0.294. The van der Waals surface area contributed by atoms with Gasteiger partial charge in [-0.15, -0.1) is 0 Å². The minimum absolute atomic E-state index is 0.270. The van der Waals surface area contributed by atoms with Crippen LogP contribution in [-0.2, 0) is 0 Å². The summed E-state index contributed by atoms with van der Waals surface area (Å²) < 4.78 is 5.81. The van der Waals surface area contributed by atoms with Gasteiger partial charge in [0, 0.05) is 4.90 Å². The van der Waals surface area contributed by atoms with Crippen LogP contribution in [0, 0.1) is 0 Å². The largest absolute Gasteiger partial charge is 0.507 e. The van der Waals surface area contributed by atoms with Crippen molar-refractivity contribution in [3.05, 3.63) is 48.5 Å². The molecular weight excluding hydrogens is 268 g/mol. The number of unbranched alkanes of at least 4 members (excludes halogenated alkanes) is 2. The summed E-state index contributed by atoms with van der Waals surface area (Å²) in [4.78, 5) is 1.88. The molecule has 0 saturated heterocycles. The van der Waals surface area contributed by atoms with Crippen LogP contribution in [0.4, 0.5) is 0 Å². The van der Waals surface area contributed by atoms with Gasteiger partial charge in [-0.25, -0.2) is 0 Å². The van der Waals surface area contributed by atoms with E-state index in [1.54, 1.807) is 6.07 Å². The maximum atomic E-state index is 10.1. The average Bonchev–Trinajstić information content (AvgIpc) is 2.48. The molecule has 0 heterocycles. The van der Waals surface area contributed by atoms with Crippen molar-refractivity contribution in [2.75, 3.05) is 6.61 Å². The van der Waals surface area contributed by atoms with Crippen molar-refractivity contribution < 1.29 is 9.84 Å². The van der Waals surface area contributed by atoms with Crippen molar-refractivity contribution in [2.45, 2.75) is 36.0 Å². The number of phenols is 1. The molecule has 0 aliphatic carbocycles. The fourth-order valence-electron chi connectivity index (χ4n) is 1.86. The summed E-state index contributed by atoms with van der Waals surface area (Å²) in [6.45, 7) is 2.87. The fourth-order valence-corrected chi connectivity index (χ4v) is 2.79. The van der Waals surface area contributed by atoms with Crippen LogP contribution in [0.5, 0.6) is 11.5 Å². The van der Waals surface area contributed by atoms with Gasteiger partial charge in [0.15, 0.2) is 0 Å². The van der Waals surface area contributed by atoms with Crippen LogP contribution in [0.3, 0.4) is 0 Å². The van der Waals surface area contributed by atoms with Gasteiger partial charge in [0.25, 0.3) is 0 Å². The van der Waals surface area contributed by atoms with E-state index in [1.807, 2.05) is 42.5 Å². The summed E-state index contributed by atoms with van der Waals surface area (Å²) in [6.07, 6.45) is 3.39. The van der Waals surface area contributed by atoms with Crippen molar-refractivity contribution in [3.63, 3.8) is 0 Å². The Labute approximate surface area is 124 Å². The lowest BCUT2D eigenvalue weighted by Gasteiger charge is -2.12. The number of ether oxygens (including phenoxy) is 1. The molecule has 0 atom stereocenters. The van der Waals surface area contributed by atoms with Crippen LogP contribution in [0.2, 0.25) is 0 Å². The number of aromatic hydroxyl groups is 1. The van der Waals surface area contributed by atoms with E-state index < -0.39 is 0 Å². The predicted octanol–water partition coefficient (Wildman–Crippen LogP) is 5.11. The summed E-state index contributed by atoms with van der Waals surface area (Å²) in [6, 6.07) is 15.4. The van der Waals surface area contributed by atoms with Crippen LogP contribution >= 0.6 is 11.8 Å². The Bertz CT molecular complexity index is 526. The quantitative estimate of drug-likeness (QED) is 0.718. The van der Waals surface area contributed by atoms with Gasteiger partial charge >= 0.3 is 0 Å². The minimum Gasteiger partial charge on any atom is -0.507 e. The summed E-state index contributed by atoms with van der Waals surface area (Å²) in [5.74, 6) is 1.03. The molecule has 0 bridgehead atoms. The highest BCUT2D eigenvalue weighted by Gasteiger charge is 2.10. The maximum absolute atomic E-state index is 10.1. The van der Waals surface area contributed by atoms with Gasteiger partial charge in [-0.1, -0.05) is 55.8 Å². The van der Waals surface area contributed by atoms with Gasteiger partial charge in [0.05, 0.1) is 11.5 Å². The molecule has 0 radical (unpaired) electrons. The zero-order valence-corrected chi connectivity index (χ0v) is 12.5. The molecule has 2 aromatic rings. The molecule has 1 N–H and O–H groups in total. The van der Waals surface area contributed by atoms with Crippen LogP contribution in [-0.4, -0.2) is 11.7 Å². The first-order valence-corrected chi connectivity index (χ1v) is 7.80. The molecule has 0 aliphatic rings. The summed E-state index contributed by atoms with van der Waals surface area (Å²) in [5.41, 5.74) is 0. The zero-order chi connectivity index (χ0) is 14.2. The normalized spacial score (nSPS) is 10.4. The van der Waals surface area contributed by atoms with E-state index >= 15 is 0 Å². The van der Waals surface area contributed by atoms with Gasteiger partial charge in [-0.05, 0) is 30.7 Å². The molecule has 0 fully saturated rings. The van der Waals surface area contributed by atoms with Crippen LogP contribution < -0.4 is 4.74 Å². The Morgan fingerprint density at radius 2 is 1.80 bits per heavy atom. The van der Waals surface area contributed by atoms with Crippen molar-refractivity contribution in [2.24, 2.45) is 0 Å². The van der Waals surface area contributed by atoms with Crippen molar-refractivity contribution in [3.8, 4) is 11.5 Å². The van der Waals surface area contributed by atoms with Gasteiger partial charge < -0.3 is 9.84 Å². The zero-order valence-electron chi connectivity index (χ0n) is 11.7. The third kappa shape index (κ3) is 4.20. The summed E-state index contributed by atoms with van der Waals surface area (Å²) in [7, 11) is 0. The summed E-state index contributed by atoms with van der Waals surface area (Å²) in [5, 5.41) is 10.1. The second-order valence-electron chi connectivity index (χ2n) is 4.58. The third-order valence-corrected chi connectivity index (χ3v) is 4.05. The van der Waals surface area contributed by atoms with Crippen LogP contribution in [0.25, 0.3) is 0 Å². The number of rotatable bonds is 7. The Kier molecular flexibility index (Phi) is 5.81. The van der Waals surface area contributed by atoms with Gasteiger partial charge in [0.2, 0.25) is 0 Å². The second kappa shape index (κ2) is 7.85. The molecular formula is C17H20O2S. The third-order valence-electron chi connectivity index (χ3n) is 2.93. The smallest absolute Gasteiger partial charge is 0.136 e. The Hall–Kier alpha value is -1.61. The van der Waals surface area contributed by atoms with Gasteiger partial charge in [-0.3, -0.25) is 0 Å². The SMILES string of the molecule is CCCCCOc1cccc(O)c1Sc1ccccc1. The van der Waals surface area contributed by atoms with E-state index in [4.69, 9.17) is 4.74 Å². The highest BCUT2D eigenvalue weighted by atomic mass is 32.2. The lowest BCUT2D eigenvalue weighted by atomic mass is 10.3. The molecule has 0 aromatic heterocycles. The second-order valence-corrected chi connectivity index (χ2v) is 5.66. The van der Waals surface area contributed by atoms with Crippen LogP contribution in [0.15, 0.2) is 58.3 Å². The van der Waals surface area contributed by atoms with E-state index in [2.05, 4.69) is 6.92 Å². The predicted molar refractivity (Wildman–Crippen MR) is 83.7 cm³/mol. The Balaban J connectivity index is 2.10. The minimum atomic E-state index is 0.270.